The molecule has 0 aliphatic carbocycles. The summed E-state index contributed by atoms with van der Waals surface area (Å²) in [6.07, 6.45) is 2.30. The molecule has 0 saturated carbocycles. The van der Waals surface area contributed by atoms with Gasteiger partial charge < -0.3 is 11.1 Å². The third kappa shape index (κ3) is 4.84. The molecule has 0 saturated heterocycles. The zero-order chi connectivity index (χ0) is 19.4. The Bertz CT molecular complexity index is 932. The van der Waals surface area contributed by atoms with Crippen LogP contribution in [0.5, 0.6) is 0 Å². The molecule has 1 heterocycles. The Morgan fingerprint density at radius 1 is 1.21 bits per heavy atom. The van der Waals surface area contributed by atoms with E-state index in [0.29, 0.717) is 25.1 Å². The van der Waals surface area contributed by atoms with Gasteiger partial charge in [-0.05, 0) is 56.0 Å². The van der Waals surface area contributed by atoms with Gasteiger partial charge in [-0.1, -0.05) is 24.3 Å². The number of para-hydroxylation sites is 1. The van der Waals surface area contributed by atoms with E-state index in [9.17, 15) is 13.2 Å². The first-order chi connectivity index (χ1) is 12.9. The minimum Gasteiger partial charge on any atom is -0.352 e. The van der Waals surface area contributed by atoms with Crippen molar-refractivity contribution in [3.05, 3.63) is 59.7 Å². The van der Waals surface area contributed by atoms with Crippen LogP contribution in [-0.4, -0.2) is 33.5 Å². The Labute approximate surface area is 172 Å². The molecular formula is C20H26ClN3O3S. The summed E-state index contributed by atoms with van der Waals surface area (Å²) in [5.41, 5.74) is 7.75. The summed E-state index contributed by atoms with van der Waals surface area (Å²) >= 11 is 0. The van der Waals surface area contributed by atoms with E-state index in [1.54, 1.807) is 12.1 Å². The maximum Gasteiger partial charge on any atom is 0.264 e. The van der Waals surface area contributed by atoms with Gasteiger partial charge in [0, 0.05) is 24.7 Å². The zero-order valence-electron chi connectivity index (χ0n) is 15.8. The van der Waals surface area contributed by atoms with Crippen LogP contribution in [0, 0.1) is 0 Å². The highest BCUT2D eigenvalue weighted by Gasteiger charge is 2.29. The predicted octanol–water partition coefficient (Wildman–Crippen LogP) is 2.72. The summed E-state index contributed by atoms with van der Waals surface area (Å²) in [4.78, 5) is 12.4. The van der Waals surface area contributed by atoms with Crippen LogP contribution >= 0.6 is 12.4 Å². The molecule has 0 aromatic heterocycles. The Balaban J connectivity index is 0.00000280. The number of hydrogen-bond acceptors (Lipinski definition) is 4. The van der Waals surface area contributed by atoms with Crippen molar-refractivity contribution in [2.45, 2.75) is 37.1 Å². The summed E-state index contributed by atoms with van der Waals surface area (Å²) in [6.45, 7) is 2.76. The summed E-state index contributed by atoms with van der Waals surface area (Å²) in [7, 11) is -3.73. The van der Waals surface area contributed by atoms with E-state index in [4.69, 9.17) is 5.73 Å². The molecule has 152 valence electrons. The van der Waals surface area contributed by atoms with E-state index >= 15 is 0 Å². The number of halogens is 1. The first-order valence-electron chi connectivity index (χ1n) is 9.14. The molecule has 0 fully saturated rings. The summed E-state index contributed by atoms with van der Waals surface area (Å²) in [6, 6.07) is 13.7. The molecule has 0 radical (unpaired) electrons. The summed E-state index contributed by atoms with van der Waals surface area (Å²) in [5.74, 6) is -0.299. The number of anilines is 1. The molecule has 2 aromatic rings. The van der Waals surface area contributed by atoms with Gasteiger partial charge in [-0.2, -0.15) is 0 Å². The highest BCUT2D eigenvalue weighted by atomic mass is 35.5. The van der Waals surface area contributed by atoms with Gasteiger partial charge in [0.15, 0.2) is 0 Å². The number of benzene rings is 2. The minimum absolute atomic E-state index is 0. The van der Waals surface area contributed by atoms with Crippen LogP contribution in [0.4, 0.5) is 5.69 Å². The van der Waals surface area contributed by atoms with Crippen molar-refractivity contribution >= 4 is 34.0 Å². The Morgan fingerprint density at radius 2 is 1.96 bits per heavy atom. The lowest BCUT2D eigenvalue weighted by atomic mass is 10.0. The van der Waals surface area contributed by atoms with Crippen LogP contribution in [0.2, 0.25) is 0 Å². The molecule has 0 bridgehead atoms. The molecule has 1 aliphatic heterocycles. The van der Waals surface area contributed by atoms with E-state index < -0.39 is 10.0 Å². The number of aryl methyl sites for hydroxylation is 1. The van der Waals surface area contributed by atoms with Crippen molar-refractivity contribution in [2.75, 3.05) is 17.4 Å². The van der Waals surface area contributed by atoms with Crippen LogP contribution in [0.25, 0.3) is 0 Å². The van der Waals surface area contributed by atoms with Crippen molar-refractivity contribution in [3.63, 3.8) is 0 Å². The van der Waals surface area contributed by atoms with E-state index in [1.807, 2.05) is 31.2 Å². The van der Waals surface area contributed by atoms with E-state index in [2.05, 4.69) is 5.32 Å². The molecule has 0 spiro atoms. The molecule has 1 aliphatic rings. The van der Waals surface area contributed by atoms with Crippen LogP contribution in [0.1, 0.15) is 35.7 Å². The molecule has 8 heteroatoms. The maximum atomic E-state index is 13.2. The van der Waals surface area contributed by atoms with Crippen molar-refractivity contribution in [2.24, 2.45) is 5.73 Å². The molecular weight excluding hydrogens is 398 g/mol. The van der Waals surface area contributed by atoms with E-state index in [0.717, 1.165) is 24.1 Å². The fraction of sp³-hybridized carbons (Fsp3) is 0.350. The first kappa shape index (κ1) is 22.2. The van der Waals surface area contributed by atoms with Gasteiger partial charge in [-0.15, -0.1) is 12.4 Å². The number of carbonyl (C=O) groups is 1. The van der Waals surface area contributed by atoms with Crippen molar-refractivity contribution < 1.29 is 13.2 Å². The number of nitrogens with one attached hydrogen (secondary N) is 1. The zero-order valence-corrected chi connectivity index (χ0v) is 17.4. The smallest absolute Gasteiger partial charge is 0.264 e. The molecule has 3 rings (SSSR count). The van der Waals surface area contributed by atoms with Gasteiger partial charge in [-0.25, -0.2) is 8.42 Å². The first-order valence-corrected chi connectivity index (χ1v) is 10.6. The fourth-order valence-electron chi connectivity index (χ4n) is 3.19. The maximum absolute atomic E-state index is 13.2. The second-order valence-corrected chi connectivity index (χ2v) is 8.72. The monoisotopic (exact) mass is 423 g/mol. The van der Waals surface area contributed by atoms with Crippen LogP contribution in [0.15, 0.2) is 53.4 Å². The summed E-state index contributed by atoms with van der Waals surface area (Å²) in [5, 5.41) is 2.78. The van der Waals surface area contributed by atoms with E-state index in [1.165, 1.54) is 16.4 Å². The number of nitrogens with zero attached hydrogens (tertiary/aromatic N) is 1. The minimum atomic E-state index is -3.73. The molecule has 3 N–H and O–H groups in total. The van der Waals surface area contributed by atoms with Crippen LogP contribution < -0.4 is 15.4 Å². The van der Waals surface area contributed by atoms with E-state index in [-0.39, 0.29) is 29.3 Å². The van der Waals surface area contributed by atoms with Gasteiger partial charge in [0.25, 0.3) is 15.9 Å². The standard InChI is InChI=1S/C20H25N3O3S.ClH/c1-15(21)11-12-22-20(24)17-7-4-9-18(14-17)27(25,26)23-13-5-8-16-6-2-3-10-19(16)23;/h2-4,6-7,9-10,14-15H,5,8,11-13,21H2,1H3,(H,22,24);1H. The number of nitrogens with two attached hydrogens (primary N) is 1. The van der Waals surface area contributed by atoms with Crippen LogP contribution in [-0.2, 0) is 16.4 Å². The number of hydrogen-bond donors (Lipinski definition) is 2. The van der Waals surface area contributed by atoms with Gasteiger partial charge >= 0.3 is 0 Å². The lowest BCUT2D eigenvalue weighted by Crippen LogP contribution is -2.35. The normalized spacial score (nSPS) is 14.6. The molecule has 6 nitrogen and oxygen atoms in total. The number of fused-ring (bicyclic) bond motifs is 1. The average Bonchev–Trinajstić information content (AvgIpc) is 2.67. The third-order valence-electron chi connectivity index (χ3n) is 4.64. The average molecular weight is 424 g/mol. The molecule has 1 atom stereocenters. The third-order valence-corrected chi connectivity index (χ3v) is 6.45. The molecule has 1 unspecified atom stereocenters. The highest BCUT2D eigenvalue weighted by Crippen LogP contribution is 2.31. The summed E-state index contributed by atoms with van der Waals surface area (Å²) < 4.78 is 27.9. The quantitative estimate of drug-likeness (QED) is 0.747. The lowest BCUT2D eigenvalue weighted by molar-refractivity contribution is 0.0952. The van der Waals surface area contributed by atoms with Crippen molar-refractivity contribution in [3.8, 4) is 0 Å². The van der Waals surface area contributed by atoms with Gasteiger partial charge in [-0.3, -0.25) is 9.10 Å². The van der Waals surface area contributed by atoms with Gasteiger partial charge in [0.05, 0.1) is 10.6 Å². The Morgan fingerprint density at radius 3 is 2.71 bits per heavy atom. The van der Waals surface area contributed by atoms with Crippen molar-refractivity contribution in [1.82, 2.24) is 5.32 Å². The van der Waals surface area contributed by atoms with Crippen molar-refractivity contribution in [1.29, 1.82) is 0 Å². The van der Waals surface area contributed by atoms with Crippen LogP contribution in [0.3, 0.4) is 0 Å². The number of sulfonamides is 1. The predicted molar refractivity (Wildman–Crippen MR) is 114 cm³/mol. The molecule has 28 heavy (non-hydrogen) atoms. The van der Waals surface area contributed by atoms with Gasteiger partial charge in [0.1, 0.15) is 0 Å². The SMILES string of the molecule is CC(N)CCNC(=O)c1cccc(S(=O)(=O)N2CCCc3ccccc32)c1.Cl. The fourth-order valence-corrected chi connectivity index (χ4v) is 4.78. The molecule has 1 amide bonds. The largest absolute Gasteiger partial charge is 0.352 e. The number of carbonyl (C=O) groups excluding carboxylic acids is 1. The lowest BCUT2D eigenvalue weighted by Gasteiger charge is -2.30. The number of rotatable bonds is 6. The second kappa shape index (κ2) is 9.41. The number of amides is 1. The second-order valence-electron chi connectivity index (χ2n) is 6.86. The topological polar surface area (TPSA) is 92.5 Å². The highest BCUT2D eigenvalue weighted by molar-refractivity contribution is 7.92. The Hall–Kier alpha value is -2.09. The van der Waals surface area contributed by atoms with Gasteiger partial charge in [0.2, 0.25) is 0 Å². The Kier molecular flexibility index (Phi) is 7.46. The molecule has 2 aromatic carbocycles.